The number of nitrogens with zero attached hydrogens (tertiary/aromatic N) is 1. The third kappa shape index (κ3) is 0.975. The first-order valence-corrected chi connectivity index (χ1v) is 4.50. The van der Waals surface area contributed by atoms with Crippen molar-refractivity contribution in [3.63, 3.8) is 0 Å². The topological polar surface area (TPSA) is 21.7 Å². The lowest BCUT2D eigenvalue weighted by Gasteiger charge is -2.21. The Morgan fingerprint density at radius 3 is 3.15 bits per heavy atom. The van der Waals surface area contributed by atoms with Crippen LogP contribution in [-0.4, -0.2) is 18.4 Å². The summed E-state index contributed by atoms with van der Waals surface area (Å²) in [5.41, 5.74) is 1.23. The van der Waals surface area contributed by atoms with Crippen LogP contribution >= 0.6 is 0 Å². The van der Waals surface area contributed by atoms with Crippen LogP contribution in [0.5, 0.6) is 5.75 Å². The average molecular weight is 177 g/mol. The summed E-state index contributed by atoms with van der Waals surface area (Å²) in [5.74, 6) is 0.966. The van der Waals surface area contributed by atoms with E-state index in [2.05, 4.69) is 6.07 Å². The van der Waals surface area contributed by atoms with Crippen LogP contribution in [-0.2, 0) is 4.84 Å². The van der Waals surface area contributed by atoms with Crippen molar-refractivity contribution in [3.8, 4) is 5.75 Å². The molecule has 0 N–H and O–H groups in total. The third-order valence-electron chi connectivity index (χ3n) is 2.67. The molecule has 0 saturated carbocycles. The molecule has 0 radical (unpaired) electrons. The van der Waals surface area contributed by atoms with E-state index in [1.54, 1.807) is 0 Å². The van der Waals surface area contributed by atoms with Crippen molar-refractivity contribution in [2.24, 2.45) is 0 Å². The highest BCUT2D eigenvalue weighted by Crippen LogP contribution is 2.42. The average Bonchev–Trinajstić information content (AvgIpc) is 2.44. The second-order valence-electron chi connectivity index (χ2n) is 3.49. The molecule has 2 unspecified atom stereocenters. The smallest absolute Gasteiger partial charge is 0.220 e. The monoisotopic (exact) mass is 177 g/mol. The van der Waals surface area contributed by atoms with Gasteiger partial charge in [-0.2, -0.15) is 5.06 Å². The fourth-order valence-corrected chi connectivity index (χ4v) is 2.03. The van der Waals surface area contributed by atoms with E-state index >= 15 is 0 Å². The molecule has 3 nitrogen and oxygen atoms in total. The predicted octanol–water partition coefficient (Wildman–Crippen LogP) is 1.71. The van der Waals surface area contributed by atoms with Crippen LogP contribution in [0.2, 0.25) is 0 Å². The zero-order valence-corrected chi connectivity index (χ0v) is 7.43. The Morgan fingerprint density at radius 2 is 2.23 bits per heavy atom. The van der Waals surface area contributed by atoms with Gasteiger partial charge in [0.15, 0.2) is 0 Å². The Labute approximate surface area is 76.8 Å². The summed E-state index contributed by atoms with van der Waals surface area (Å²) in [6.07, 6.45) is 0.859. The van der Waals surface area contributed by atoms with Crippen LogP contribution in [0.15, 0.2) is 24.3 Å². The van der Waals surface area contributed by atoms with Gasteiger partial charge in [0.2, 0.25) is 6.29 Å². The van der Waals surface area contributed by atoms with E-state index in [1.165, 1.54) is 5.56 Å². The largest absolute Gasteiger partial charge is 0.463 e. The van der Waals surface area contributed by atoms with Crippen LogP contribution in [0.3, 0.4) is 0 Å². The zero-order valence-electron chi connectivity index (χ0n) is 7.43. The van der Waals surface area contributed by atoms with Crippen molar-refractivity contribution >= 4 is 0 Å². The third-order valence-corrected chi connectivity index (χ3v) is 2.67. The fourth-order valence-electron chi connectivity index (χ4n) is 2.03. The Hall–Kier alpha value is -1.06. The quantitative estimate of drug-likeness (QED) is 0.602. The second kappa shape index (κ2) is 2.47. The van der Waals surface area contributed by atoms with Gasteiger partial charge in [0, 0.05) is 19.0 Å². The summed E-state index contributed by atoms with van der Waals surface area (Å²) < 4.78 is 5.63. The summed E-state index contributed by atoms with van der Waals surface area (Å²) in [5, 5.41) is 1.89. The van der Waals surface area contributed by atoms with Gasteiger partial charge >= 0.3 is 0 Å². The minimum absolute atomic E-state index is 0.0788. The van der Waals surface area contributed by atoms with E-state index in [4.69, 9.17) is 9.57 Å². The highest BCUT2D eigenvalue weighted by Gasteiger charge is 2.39. The van der Waals surface area contributed by atoms with Crippen molar-refractivity contribution in [2.75, 3.05) is 7.05 Å². The summed E-state index contributed by atoms with van der Waals surface area (Å²) in [4.78, 5) is 5.48. The maximum absolute atomic E-state index is 5.63. The first-order chi connectivity index (χ1) is 6.34. The molecule has 1 fully saturated rings. The standard InChI is InChI=1S/C10H11NO2/c1-11-8-6-10(13-11)12-9-5-3-2-4-7(8)9/h2-5,8,10H,6H2,1H3. The van der Waals surface area contributed by atoms with Crippen molar-refractivity contribution in [1.82, 2.24) is 5.06 Å². The van der Waals surface area contributed by atoms with Gasteiger partial charge in [-0.3, -0.25) is 4.84 Å². The molecule has 13 heavy (non-hydrogen) atoms. The van der Waals surface area contributed by atoms with Gasteiger partial charge in [-0.15, -0.1) is 0 Å². The Kier molecular flexibility index (Phi) is 1.39. The van der Waals surface area contributed by atoms with E-state index in [-0.39, 0.29) is 6.29 Å². The van der Waals surface area contributed by atoms with Gasteiger partial charge in [-0.25, -0.2) is 0 Å². The molecule has 0 spiro atoms. The van der Waals surface area contributed by atoms with Crippen molar-refractivity contribution in [1.29, 1.82) is 0 Å². The number of hydrogen-bond donors (Lipinski definition) is 0. The number of para-hydroxylation sites is 1. The SMILES string of the molecule is CN1OC2CC1c1ccccc1O2. The minimum atomic E-state index is -0.0788. The fraction of sp³-hybridized carbons (Fsp3) is 0.400. The molecule has 3 rings (SSSR count). The van der Waals surface area contributed by atoms with Crippen molar-refractivity contribution in [2.45, 2.75) is 18.8 Å². The first-order valence-electron chi connectivity index (χ1n) is 4.50. The normalized spacial score (nSPS) is 31.2. The van der Waals surface area contributed by atoms with E-state index in [9.17, 15) is 0 Å². The molecule has 0 aliphatic carbocycles. The van der Waals surface area contributed by atoms with Crippen LogP contribution < -0.4 is 4.74 Å². The Bertz CT molecular complexity index is 339. The number of fused-ring (bicyclic) bond motifs is 4. The van der Waals surface area contributed by atoms with Crippen LogP contribution in [0.4, 0.5) is 0 Å². The predicted molar refractivity (Wildman–Crippen MR) is 47.1 cm³/mol. The highest BCUT2D eigenvalue weighted by atomic mass is 16.8. The molecular formula is C10H11NO2. The number of benzene rings is 1. The van der Waals surface area contributed by atoms with E-state index in [1.807, 2.05) is 30.3 Å². The zero-order chi connectivity index (χ0) is 8.84. The summed E-state index contributed by atoms with van der Waals surface area (Å²) >= 11 is 0. The molecule has 2 bridgehead atoms. The molecule has 3 heteroatoms. The molecule has 68 valence electrons. The lowest BCUT2D eigenvalue weighted by atomic mass is 10.0. The second-order valence-corrected chi connectivity index (χ2v) is 3.49. The number of hydrogen-bond acceptors (Lipinski definition) is 3. The lowest BCUT2D eigenvalue weighted by Crippen LogP contribution is -2.18. The van der Waals surface area contributed by atoms with Gasteiger partial charge in [-0.1, -0.05) is 18.2 Å². The molecule has 2 atom stereocenters. The molecule has 2 heterocycles. The molecule has 2 aliphatic rings. The van der Waals surface area contributed by atoms with Gasteiger partial charge in [0.25, 0.3) is 0 Å². The maximum Gasteiger partial charge on any atom is 0.220 e. The maximum atomic E-state index is 5.63. The molecule has 0 amide bonds. The van der Waals surface area contributed by atoms with Crippen molar-refractivity contribution < 1.29 is 9.57 Å². The number of ether oxygens (including phenoxy) is 1. The number of hydroxylamine groups is 2. The van der Waals surface area contributed by atoms with Gasteiger partial charge in [-0.05, 0) is 6.07 Å². The van der Waals surface area contributed by atoms with Crippen LogP contribution in [0.25, 0.3) is 0 Å². The molecule has 0 aromatic heterocycles. The highest BCUT2D eigenvalue weighted by molar-refractivity contribution is 5.38. The van der Waals surface area contributed by atoms with Crippen molar-refractivity contribution in [3.05, 3.63) is 29.8 Å². The van der Waals surface area contributed by atoms with Crippen LogP contribution in [0.1, 0.15) is 18.0 Å². The Morgan fingerprint density at radius 1 is 1.38 bits per heavy atom. The van der Waals surface area contributed by atoms with E-state index < -0.39 is 0 Å². The lowest BCUT2D eigenvalue weighted by molar-refractivity contribution is -0.191. The molecule has 1 saturated heterocycles. The van der Waals surface area contributed by atoms with Gasteiger partial charge in [0.1, 0.15) is 5.75 Å². The molecular weight excluding hydrogens is 166 g/mol. The summed E-state index contributed by atoms with van der Waals surface area (Å²) in [7, 11) is 1.95. The molecule has 1 aromatic rings. The van der Waals surface area contributed by atoms with Crippen LogP contribution in [0, 0.1) is 0 Å². The minimum Gasteiger partial charge on any atom is -0.463 e. The summed E-state index contributed by atoms with van der Waals surface area (Å²) in [6, 6.07) is 8.49. The van der Waals surface area contributed by atoms with E-state index in [0.29, 0.717) is 6.04 Å². The van der Waals surface area contributed by atoms with Gasteiger partial charge in [0.05, 0.1) is 6.04 Å². The summed E-state index contributed by atoms with van der Waals surface area (Å²) in [6.45, 7) is 0. The molecule has 1 aromatic carbocycles. The van der Waals surface area contributed by atoms with E-state index in [0.717, 1.165) is 12.2 Å². The Balaban J connectivity index is 2.11. The molecule has 2 aliphatic heterocycles. The number of rotatable bonds is 0. The van der Waals surface area contributed by atoms with Gasteiger partial charge < -0.3 is 4.74 Å². The first kappa shape index (κ1) is 7.35.